The largest absolute Gasteiger partial charge is 0.522 e. The molecule has 13 heteroatoms. The normalized spacial score (nSPS) is 14.8. The van der Waals surface area contributed by atoms with Crippen molar-refractivity contribution in [3.63, 3.8) is 0 Å². The van der Waals surface area contributed by atoms with E-state index in [0.29, 0.717) is 11.9 Å². The van der Waals surface area contributed by atoms with E-state index in [9.17, 15) is 31.5 Å². The highest BCUT2D eigenvalue weighted by Gasteiger charge is 2.30. The smallest absolute Gasteiger partial charge is 0.405 e. The van der Waals surface area contributed by atoms with Crippen molar-refractivity contribution in [1.29, 1.82) is 0 Å². The molecule has 8 nitrogen and oxygen atoms in total. The van der Waals surface area contributed by atoms with Crippen LogP contribution in [0.15, 0.2) is 41.3 Å². The van der Waals surface area contributed by atoms with Crippen molar-refractivity contribution in [1.82, 2.24) is 14.9 Å². The number of carbonyl (C=O) groups is 1. The topological polar surface area (TPSA) is 85.7 Å². The van der Waals surface area contributed by atoms with E-state index in [1.165, 1.54) is 13.0 Å². The minimum atomic E-state index is -4.88. The molecule has 1 aliphatic heterocycles. The quantitative estimate of drug-likeness (QED) is 0.497. The third-order valence-electron chi connectivity index (χ3n) is 5.47. The van der Waals surface area contributed by atoms with Crippen LogP contribution in [0.2, 0.25) is 0 Å². The van der Waals surface area contributed by atoms with Crippen molar-refractivity contribution in [2.75, 3.05) is 24.6 Å². The van der Waals surface area contributed by atoms with Crippen LogP contribution in [0.3, 0.4) is 0 Å². The molecule has 0 bridgehead atoms. The van der Waals surface area contributed by atoms with Gasteiger partial charge in [0.25, 0.3) is 0 Å². The number of hydrogen-bond donors (Lipinski definition) is 1. The van der Waals surface area contributed by atoms with Crippen LogP contribution >= 0.6 is 0 Å². The van der Waals surface area contributed by atoms with E-state index in [4.69, 9.17) is 4.74 Å². The third-order valence-corrected chi connectivity index (χ3v) is 5.47. The van der Waals surface area contributed by atoms with Crippen molar-refractivity contribution in [2.45, 2.75) is 32.2 Å². The molecule has 36 heavy (non-hydrogen) atoms. The molecule has 1 amide bonds. The third kappa shape index (κ3) is 5.73. The monoisotopic (exact) mass is 512 g/mol. The first kappa shape index (κ1) is 25.4. The lowest BCUT2D eigenvalue weighted by atomic mass is 10.2. The zero-order valence-electron chi connectivity index (χ0n) is 18.9. The summed E-state index contributed by atoms with van der Waals surface area (Å²) in [6.45, 7) is 1.87. The van der Waals surface area contributed by atoms with Gasteiger partial charge in [-0.3, -0.25) is 14.1 Å². The molecular formula is C23H21F5N4O4. The van der Waals surface area contributed by atoms with Crippen molar-refractivity contribution >= 4 is 22.9 Å². The predicted octanol–water partition coefficient (Wildman–Crippen LogP) is 4.28. The fourth-order valence-electron chi connectivity index (χ4n) is 3.82. The fraction of sp³-hybridized carbons (Fsp3) is 0.348. The molecule has 1 atom stereocenters. The summed E-state index contributed by atoms with van der Waals surface area (Å²) in [6, 6.07) is 4.77. The molecule has 0 spiro atoms. The van der Waals surface area contributed by atoms with Gasteiger partial charge < -0.3 is 15.0 Å². The van der Waals surface area contributed by atoms with Crippen molar-refractivity contribution in [2.24, 2.45) is 0 Å². The number of anilines is 1. The number of nitrogens with zero attached hydrogens (tertiary/aromatic N) is 3. The highest BCUT2D eigenvalue weighted by atomic mass is 19.4. The average molecular weight is 512 g/mol. The number of alkyl halides is 3. The lowest BCUT2D eigenvalue weighted by molar-refractivity contribution is -0.325. The van der Waals surface area contributed by atoms with Gasteiger partial charge in [0, 0.05) is 19.2 Å². The molecule has 4 rings (SSSR count). The van der Waals surface area contributed by atoms with Crippen LogP contribution in [0, 0.1) is 11.6 Å². The number of fused-ring (bicyclic) bond motifs is 1. The summed E-state index contributed by atoms with van der Waals surface area (Å²) in [7, 11) is 0. The predicted molar refractivity (Wildman–Crippen MR) is 119 cm³/mol. The number of nitrogens with one attached hydrogen (secondary N) is 1. The molecule has 0 aliphatic carbocycles. The maximum Gasteiger partial charge on any atom is 0.522 e. The molecule has 192 valence electrons. The number of pyridine rings is 2. The van der Waals surface area contributed by atoms with E-state index >= 15 is 0 Å². The van der Waals surface area contributed by atoms with Gasteiger partial charge in [-0.2, -0.15) is 0 Å². The lowest BCUT2D eigenvalue weighted by Crippen LogP contribution is -2.39. The van der Waals surface area contributed by atoms with Crippen LogP contribution in [-0.4, -0.2) is 47.7 Å². The van der Waals surface area contributed by atoms with Gasteiger partial charge in [-0.05, 0) is 44.0 Å². The molecule has 1 unspecified atom stereocenters. The molecular weight excluding hydrogens is 491 g/mol. The Balaban J connectivity index is 1.72. The first-order valence-corrected chi connectivity index (χ1v) is 11.0. The summed E-state index contributed by atoms with van der Waals surface area (Å²) >= 11 is 0. The van der Waals surface area contributed by atoms with E-state index in [0.717, 1.165) is 48.8 Å². The van der Waals surface area contributed by atoms with Crippen LogP contribution < -0.4 is 20.4 Å². The maximum absolute atomic E-state index is 14.7. The van der Waals surface area contributed by atoms with Gasteiger partial charge in [-0.25, -0.2) is 18.6 Å². The van der Waals surface area contributed by atoms with Gasteiger partial charge in [0.2, 0.25) is 5.43 Å². The van der Waals surface area contributed by atoms with Crippen LogP contribution in [-0.2, 0) is 4.74 Å². The number of benzene rings is 1. The Morgan fingerprint density at radius 1 is 1.17 bits per heavy atom. The Kier molecular flexibility index (Phi) is 7.11. The van der Waals surface area contributed by atoms with Gasteiger partial charge >= 0.3 is 12.5 Å². The molecule has 2 aromatic heterocycles. The first-order chi connectivity index (χ1) is 17.0. The number of rotatable bonds is 6. The van der Waals surface area contributed by atoms with Crippen LogP contribution in [0.5, 0.6) is 5.75 Å². The molecule has 1 aliphatic rings. The van der Waals surface area contributed by atoms with Crippen LogP contribution in [0.25, 0.3) is 16.7 Å². The summed E-state index contributed by atoms with van der Waals surface area (Å²) in [6.07, 6.45) is -3.15. The van der Waals surface area contributed by atoms with Crippen molar-refractivity contribution in [3.8, 4) is 11.4 Å². The second-order valence-corrected chi connectivity index (χ2v) is 8.21. The van der Waals surface area contributed by atoms with Gasteiger partial charge in [-0.15, -0.1) is 13.2 Å². The Morgan fingerprint density at radius 3 is 2.56 bits per heavy atom. The number of ether oxygens (including phenoxy) is 2. The summed E-state index contributed by atoms with van der Waals surface area (Å²) in [5.41, 5.74) is -0.863. The van der Waals surface area contributed by atoms with E-state index in [1.54, 1.807) is 6.07 Å². The Hall–Kier alpha value is -3.74. The highest BCUT2D eigenvalue weighted by molar-refractivity contribution is 5.81. The van der Waals surface area contributed by atoms with E-state index < -0.39 is 47.9 Å². The minimum Gasteiger partial charge on any atom is -0.405 e. The SMILES string of the molecule is CC(COC(F)(F)F)NC(=O)Oc1cn(-c2ccc(F)cc2F)c2nc(N3CCCC3)ccc2c1=O. The summed E-state index contributed by atoms with van der Waals surface area (Å²) in [5.74, 6) is -1.76. The van der Waals surface area contributed by atoms with E-state index in [1.807, 2.05) is 4.90 Å². The van der Waals surface area contributed by atoms with E-state index in [-0.39, 0.29) is 16.7 Å². The maximum atomic E-state index is 14.7. The Morgan fingerprint density at radius 2 is 1.89 bits per heavy atom. The number of hydrogen-bond acceptors (Lipinski definition) is 6. The van der Waals surface area contributed by atoms with Crippen LogP contribution in [0.4, 0.5) is 32.6 Å². The second-order valence-electron chi connectivity index (χ2n) is 8.21. The molecule has 1 N–H and O–H groups in total. The first-order valence-electron chi connectivity index (χ1n) is 11.0. The van der Waals surface area contributed by atoms with Crippen molar-refractivity contribution in [3.05, 3.63) is 58.4 Å². The summed E-state index contributed by atoms with van der Waals surface area (Å²) in [4.78, 5) is 31.8. The van der Waals surface area contributed by atoms with Gasteiger partial charge in [0.1, 0.15) is 17.5 Å². The molecule has 1 saturated heterocycles. The molecule has 3 heterocycles. The molecule has 3 aromatic rings. The second kappa shape index (κ2) is 10.1. The minimum absolute atomic E-state index is 0.0135. The Labute approximate surface area is 201 Å². The zero-order valence-corrected chi connectivity index (χ0v) is 18.9. The van der Waals surface area contributed by atoms with E-state index in [2.05, 4.69) is 15.0 Å². The standard InChI is InChI=1S/C23H21F5N4O4/c1-13(12-35-23(26,27)28)29-22(34)36-18-11-32(17-6-4-14(24)10-16(17)25)21-15(20(18)33)5-7-19(30-21)31-8-2-3-9-31/h4-7,10-11,13H,2-3,8-9,12H2,1H3,(H,29,34). The highest BCUT2D eigenvalue weighted by Crippen LogP contribution is 2.26. The number of carbonyl (C=O) groups excluding carboxylic acids is 1. The fourth-order valence-corrected chi connectivity index (χ4v) is 3.82. The molecule has 1 fully saturated rings. The number of halogens is 5. The number of aromatic nitrogens is 2. The summed E-state index contributed by atoms with van der Waals surface area (Å²) < 4.78 is 74.8. The number of amides is 1. The molecule has 0 radical (unpaired) electrons. The van der Waals surface area contributed by atoms with Gasteiger partial charge in [0.15, 0.2) is 11.4 Å². The summed E-state index contributed by atoms with van der Waals surface area (Å²) in [5, 5.41) is 2.11. The molecule has 0 saturated carbocycles. The Bertz CT molecular complexity index is 1340. The lowest BCUT2D eigenvalue weighted by Gasteiger charge is -2.19. The average Bonchev–Trinajstić information content (AvgIpc) is 3.34. The van der Waals surface area contributed by atoms with Gasteiger partial charge in [0.05, 0.1) is 29.9 Å². The van der Waals surface area contributed by atoms with Crippen LogP contribution in [0.1, 0.15) is 19.8 Å². The molecule has 1 aromatic carbocycles. The van der Waals surface area contributed by atoms with Gasteiger partial charge in [-0.1, -0.05) is 0 Å². The van der Waals surface area contributed by atoms with Crippen molar-refractivity contribution < 1.29 is 36.2 Å². The zero-order chi connectivity index (χ0) is 26.0.